The SMILES string of the molecule is CCNC(=NCc1ccnc2ccccc12)NC(C)C.I. The lowest BCUT2D eigenvalue weighted by Gasteiger charge is -2.14. The Hall–Kier alpha value is -1.37. The van der Waals surface area contributed by atoms with E-state index in [1.165, 1.54) is 10.9 Å². The first-order valence-electron chi connectivity index (χ1n) is 7.08. The fraction of sp³-hybridized carbons (Fsp3) is 0.375. The minimum atomic E-state index is 0. The fourth-order valence-corrected chi connectivity index (χ4v) is 2.05. The molecule has 0 spiro atoms. The molecule has 0 fully saturated rings. The van der Waals surface area contributed by atoms with Gasteiger partial charge in [-0.15, -0.1) is 24.0 Å². The van der Waals surface area contributed by atoms with Gasteiger partial charge in [0.05, 0.1) is 12.1 Å². The van der Waals surface area contributed by atoms with E-state index in [0.717, 1.165) is 18.0 Å². The molecule has 0 aliphatic rings. The van der Waals surface area contributed by atoms with Crippen molar-refractivity contribution in [2.75, 3.05) is 6.54 Å². The Morgan fingerprint density at radius 1 is 1.24 bits per heavy atom. The molecule has 2 aromatic rings. The molecule has 0 bridgehead atoms. The van der Waals surface area contributed by atoms with Crippen LogP contribution in [0.2, 0.25) is 0 Å². The summed E-state index contributed by atoms with van der Waals surface area (Å²) >= 11 is 0. The summed E-state index contributed by atoms with van der Waals surface area (Å²) in [4.78, 5) is 9.01. The van der Waals surface area contributed by atoms with Crippen LogP contribution in [0.25, 0.3) is 10.9 Å². The monoisotopic (exact) mass is 398 g/mol. The average Bonchev–Trinajstić information content (AvgIpc) is 2.44. The van der Waals surface area contributed by atoms with Crippen molar-refractivity contribution in [2.45, 2.75) is 33.4 Å². The zero-order chi connectivity index (χ0) is 14.4. The fourth-order valence-electron chi connectivity index (χ4n) is 2.05. The van der Waals surface area contributed by atoms with E-state index in [0.29, 0.717) is 12.6 Å². The van der Waals surface area contributed by atoms with Gasteiger partial charge in [-0.3, -0.25) is 4.98 Å². The largest absolute Gasteiger partial charge is 0.357 e. The number of benzene rings is 1. The van der Waals surface area contributed by atoms with Crippen molar-refractivity contribution >= 4 is 40.8 Å². The lowest BCUT2D eigenvalue weighted by atomic mass is 10.1. The summed E-state index contributed by atoms with van der Waals surface area (Å²) in [5, 5.41) is 7.74. The number of aliphatic imine (C=N–C) groups is 1. The molecule has 0 aliphatic heterocycles. The highest BCUT2D eigenvalue weighted by molar-refractivity contribution is 14.0. The molecule has 0 aliphatic carbocycles. The van der Waals surface area contributed by atoms with Gasteiger partial charge < -0.3 is 10.6 Å². The first-order chi connectivity index (χ1) is 9.70. The van der Waals surface area contributed by atoms with Crippen LogP contribution in [0.15, 0.2) is 41.5 Å². The van der Waals surface area contributed by atoms with Gasteiger partial charge in [-0.25, -0.2) is 4.99 Å². The Balaban J connectivity index is 0.00000220. The molecule has 4 nitrogen and oxygen atoms in total. The predicted molar refractivity (Wildman–Crippen MR) is 100 cm³/mol. The summed E-state index contributed by atoms with van der Waals surface area (Å²) in [7, 11) is 0. The quantitative estimate of drug-likeness (QED) is 0.472. The number of rotatable bonds is 4. The van der Waals surface area contributed by atoms with Crippen LogP contribution in [0.1, 0.15) is 26.3 Å². The van der Waals surface area contributed by atoms with Crippen molar-refractivity contribution in [3.05, 3.63) is 42.1 Å². The van der Waals surface area contributed by atoms with Crippen LogP contribution in [0.4, 0.5) is 0 Å². The summed E-state index contributed by atoms with van der Waals surface area (Å²) in [5.41, 5.74) is 2.21. The van der Waals surface area contributed by atoms with Crippen molar-refractivity contribution in [3.8, 4) is 0 Å². The number of pyridine rings is 1. The normalized spacial score (nSPS) is 11.3. The molecule has 0 radical (unpaired) electrons. The van der Waals surface area contributed by atoms with E-state index < -0.39 is 0 Å². The maximum atomic E-state index is 4.64. The van der Waals surface area contributed by atoms with Gasteiger partial charge in [0.1, 0.15) is 0 Å². The molecule has 21 heavy (non-hydrogen) atoms. The van der Waals surface area contributed by atoms with E-state index >= 15 is 0 Å². The molecule has 0 amide bonds. The van der Waals surface area contributed by atoms with Crippen LogP contribution in [0, 0.1) is 0 Å². The zero-order valence-electron chi connectivity index (χ0n) is 12.8. The summed E-state index contributed by atoms with van der Waals surface area (Å²) in [5.74, 6) is 0.850. The van der Waals surface area contributed by atoms with E-state index in [-0.39, 0.29) is 24.0 Å². The summed E-state index contributed by atoms with van der Waals surface area (Å²) in [6.45, 7) is 7.78. The lowest BCUT2D eigenvalue weighted by Crippen LogP contribution is -2.41. The number of hydrogen-bond donors (Lipinski definition) is 2. The highest BCUT2D eigenvalue weighted by atomic mass is 127. The van der Waals surface area contributed by atoms with Crippen LogP contribution in [-0.4, -0.2) is 23.5 Å². The second kappa shape index (κ2) is 8.81. The molecular weight excluding hydrogens is 375 g/mol. The summed E-state index contributed by atoms with van der Waals surface area (Å²) in [6.07, 6.45) is 1.84. The third kappa shape index (κ3) is 5.15. The Labute approximate surface area is 143 Å². The van der Waals surface area contributed by atoms with Gasteiger partial charge in [0.15, 0.2) is 5.96 Å². The Morgan fingerprint density at radius 3 is 2.71 bits per heavy atom. The lowest BCUT2D eigenvalue weighted by molar-refractivity contribution is 0.701. The Kier molecular flexibility index (Phi) is 7.42. The highest BCUT2D eigenvalue weighted by Gasteiger charge is 2.02. The minimum absolute atomic E-state index is 0. The molecule has 0 atom stereocenters. The predicted octanol–water partition coefficient (Wildman–Crippen LogP) is 3.32. The number of aromatic nitrogens is 1. The minimum Gasteiger partial charge on any atom is -0.357 e. The first-order valence-corrected chi connectivity index (χ1v) is 7.08. The molecule has 114 valence electrons. The molecule has 1 aromatic carbocycles. The van der Waals surface area contributed by atoms with Crippen LogP contribution >= 0.6 is 24.0 Å². The van der Waals surface area contributed by atoms with E-state index in [4.69, 9.17) is 0 Å². The third-order valence-electron chi connectivity index (χ3n) is 2.92. The van der Waals surface area contributed by atoms with E-state index in [9.17, 15) is 0 Å². The van der Waals surface area contributed by atoms with Gasteiger partial charge in [0.2, 0.25) is 0 Å². The molecule has 0 unspecified atom stereocenters. The maximum absolute atomic E-state index is 4.64. The highest BCUT2D eigenvalue weighted by Crippen LogP contribution is 2.16. The number of hydrogen-bond acceptors (Lipinski definition) is 2. The standard InChI is InChI=1S/C16H22N4.HI/c1-4-17-16(20-12(2)3)19-11-13-9-10-18-15-8-6-5-7-14(13)15;/h5-10,12H,4,11H2,1-3H3,(H2,17,19,20);1H. The molecule has 1 heterocycles. The third-order valence-corrected chi connectivity index (χ3v) is 2.92. The average molecular weight is 398 g/mol. The van der Waals surface area contributed by atoms with Gasteiger partial charge in [0.25, 0.3) is 0 Å². The first kappa shape index (κ1) is 17.7. The number of guanidine groups is 1. The molecular formula is C16H23IN4. The van der Waals surface area contributed by atoms with Crippen LogP contribution in [0.5, 0.6) is 0 Å². The van der Waals surface area contributed by atoms with Gasteiger partial charge in [-0.2, -0.15) is 0 Å². The molecule has 5 heteroatoms. The second-order valence-corrected chi connectivity index (χ2v) is 4.98. The van der Waals surface area contributed by atoms with Gasteiger partial charge in [0, 0.05) is 24.2 Å². The van der Waals surface area contributed by atoms with Gasteiger partial charge >= 0.3 is 0 Å². The Morgan fingerprint density at radius 2 is 2.00 bits per heavy atom. The number of nitrogens with zero attached hydrogens (tertiary/aromatic N) is 2. The maximum Gasteiger partial charge on any atom is 0.191 e. The van der Waals surface area contributed by atoms with Gasteiger partial charge in [-0.05, 0) is 38.5 Å². The molecule has 2 rings (SSSR count). The molecule has 1 aromatic heterocycles. The number of fused-ring (bicyclic) bond motifs is 1. The van der Waals surface area contributed by atoms with Crippen molar-refractivity contribution in [3.63, 3.8) is 0 Å². The summed E-state index contributed by atoms with van der Waals surface area (Å²) < 4.78 is 0. The van der Waals surface area contributed by atoms with Crippen molar-refractivity contribution in [2.24, 2.45) is 4.99 Å². The van der Waals surface area contributed by atoms with E-state index in [1.807, 2.05) is 30.5 Å². The molecule has 2 N–H and O–H groups in total. The molecule has 0 saturated carbocycles. The van der Waals surface area contributed by atoms with Crippen LogP contribution in [-0.2, 0) is 6.54 Å². The van der Waals surface area contributed by atoms with Crippen LogP contribution < -0.4 is 10.6 Å². The topological polar surface area (TPSA) is 49.3 Å². The van der Waals surface area contributed by atoms with Crippen LogP contribution in [0.3, 0.4) is 0 Å². The zero-order valence-corrected chi connectivity index (χ0v) is 15.1. The molecule has 0 saturated heterocycles. The Bertz CT molecular complexity index is 590. The van der Waals surface area contributed by atoms with E-state index in [1.54, 1.807) is 0 Å². The van der Waals surface area contributed by atoms with E-state index in [2.05, 4.69) is 47.4 Å². The summed E-state index contributed by atoms with van der Waals surface area (Å²) in [6, 6.07) is 10.6. The number of nitrogens with one attached hydrogen (secondary N) is 2. The van der Waals surface area contributed by atoms with Gasteiger partial charge in [-0.1, -0.05) is 18.2 Å². The van der Waals surface area contributed by atoms with Crippen molar-refractivity contribution in [1.82, 2.24) is 15.6 Å². The second-order valence-electron chi connectivity index (χ2n) is 4.98. The van der Waals surface area contributed by atoms with Crippen molar-refractivity contribution in [1.29, 1.82) is 0 Å². The van der Waals surface area contributed by atoms with Crippen molar-refractivity contribution < 1.29 is 0 Å². The smallest absolute Gasteiger partial charge is 0.191 e. The number of para-hydroxylation sites is 1. The number of halogens is 1.